The Morgan fingerprint density at radius 2 is 1.93 bits per heavy atom. The van der Waals surface area contributed by atoms with Crippen LogP contribution in [0.15, 0.2) is 12.2 Å². The quantitative estimate of drug-likeness (QED) is 0.703. The highest BCUT2D eigenvalue weighted by Crippen LogP contribution is 2.30. The van der Waals surface area contributed by atoms with Gasteiger partial charge in [-0.25, -0.2) is 0 Å². The van der Waals surface area contributed by atoms with Gasteiger partial charge in [-0.05, 0) is 43.7 Å². The predicted octanol–water partition coefficient (Wildman–Crippen LogP) is 2.01. The molecule has 1 saturated heterocycles. The van der Waals surface area contributed by atoms with Crippen LogP contribution in [-0.2, 0) is 0 Å². The Morgan fingerprint density at radius 1 is 1.27 bits per heavy atom. The molecular formula is C13H24N2. The summed E-state index contributed by atoms with van der Waals surface area (Å²) in [5.74, 6) is 0.709. The number of likely N-dealkylation sites (tertiary alicyclic amines) is 1. The molecule has 86 valence electrons. The van der Waals surface area contributed by atoms with E-state index in [9.17, 15) is 0 Å². The molecule has 15 heavy (non-hydrogen) atoms. The van der Waals surface area contributed by atoms with Gasteiger partial charge in [0.25, 0.3) is 0 Å². The van der Waals surface area contributed by atoms with Gasteiger partial charge in [-0.15, -0.1) is 0 Å². The van der Waals surface area contributed by atoms with Gasteiger partial charge in [0, 0.05) is 12.6 Å². The Bertz CT molecular complexity index is 235. The molecular weight excluding hydrogens is 184 g/mol. The van der Waals surface area contributed by atoms with Crippen LogP contribution in [-0.4, -0.2) is 30.6 Å². The van der Waals surface area contributed by atoms with Crippen LogP contribution in [0.1, 0.15) is 33.1 Å². The van der Waals surface area contributed by atoms with Gasteiger partial charge in [-0.3, -0.25) is 0 Å². The molecule has 0 bridgehead atoms. The maximum absolute atomic E-state index is 5.87. The minimum absolute atomic E-state index is 0.316. The Kier molecular flexibility index (Phi) is 3.17. The summed E-state index contributed by atoms with van der Waals surface area (Å²) in [5, 5.41) is 0. The molecule has 0 aromatic heterocycles. The lowest BCUT2D eigenvalue weighted by atomic mass is 9.82. The van der Waals surface area contributed by atoms with E-state index in [1.165, 1.54) is 32.5 Å². The van der Waals surface area contributed by atoms with Gasteiger partial charge in [0.05, 0.1) is 0 Å². The summed E-state index contributed by atoms with van der Waals surface area (Å²) in [5.41, 5.74) is 6.44. The van der Waals surface area contributed by atoms with Crippen molar-refractivity contribution in [2.75, 3.05) is 19.6 Å². The number of hydrogen-bond donors (Lipinski definition) is 1. The van der Waals surface area contributed by atoms with E-state index < -0.39 is 0 Å². The first-order valence-electron chi connectivity index (χ1n) is 6.21. The van der Waals surface area contributed by atoms with Crippen molar-refractivity contribution in [2.24, 2.45) is 17.1 Å². The lowest BCUT2D eigenvalue weighted by Crippen LogP contribution is -2.39. The summed E-state index contributed by atoms with van der Waals surface area (Å²) in [7, 11) is 0. The van der Waals surface area contributed by atoms with Crippen LogP contribution in [0.4, 0.5) is 0 Å². The van der Waals surface area contributed by atoms with E-state index in [1.54, 1.807) is 0 Å². The van der Waals surface area contributed by atoms with Crippen LogP contribution >= 0.6 is 0 Å². The molecule has 2 N–H and O–H groups in total. The molecule has 2 aliphatic rings. The fourth-order valence-corrected chi connectivity index (χ4v) is 2.61. The van der Waals surface area contributed by atoms with Crippen molar-refractivity contribution in [1.82, 2.24) is 4.90 Å². The highest BCUT2D eigenvalue weighted by atomic mass is 15.1. The highest BCUT2D eigenvalue weighted by molar-refractivity contribution is 5.05. The second kappa shape index (κ2) is 4.26. The molecule has 0 spiro atoms. The Morgan fingerprint density at radius 3 is 2.47 bits per heavy atom. The van der Waals surface area contributed by atoms with Gasteiger partial charge >= 0.3 is 0 Å². The summed E-state index contributed by atoms with van der Waals surface area (Å²) < 4.78 is 0. The second-order valence-corrected chi connectivity index (χ2v) is 6.01. The van der Waals surface area contributed by atoms with Crippen molar-refractivity contribution in [3.05, 3.63) is 12.2 Å². The summed E-state index contributed by atoms with van der Waals surface area (Å²) in [6.07, 6.45) is 8.31. The van der Waals surface area contributed by atoms with Crippen LogP contribution < -0.4 is 5.73 Å². The minimum atomic E-state index is 0.316. The molecule has 0 aromatic carbocycles. The first-order valence-corrected chi connectivity index (χ1v) is 6.21. The maximum Gasteiger partial charge on any atom is 0.0229 e. The molecule has 2 atom stereocenters. The van der Waals surface area contributed by atoms with Crippen molar-refractivity contribution in [1.29, 1.82) is 0 Å². The van der Waals surface area contributed by atoms with E-state index in [-0.39, 0.29) is 0 Å². The molecule has 1 aliphatic heterocycles. The number of nitrogens with zero attached hydrogens (tertiary/aromatic N) is 1. The van der Waals surface area contributed by atoms with Crippen molar-refractivity contribution >= 4 is 0 Å². The number of piperidine rings is 1. The lowest BCUT2D eigenvalue weighted by molar-refractivity contribution is 0.122. The van der Waals surface area contributed by atoms with E-state index >= 15 is 0 Å². The van der Waals surface area contributed by atoms with E-state index in [1.807, 2.05) is 0 Å². The topological polar surface area (TPSA) is 29.3 Å². The van der Waals surface area contributed by atoms with Gasteiger partial charge in [-0.2, -0.15) is 0 Å². The van der Waals surface area contributed by atoms with Crippen molar-refractivity contribution in [2.45, 2.75) is 39.2 Å². The first-order chi connectivity index (χ1) is 7.05. The molecule has 0 aromatic rings. The smallest absolute Gasteiger partial charge is 0.0229 e. The molecule has 2 unspecified atom stereocenters. The normalized spacial score (nSPS) is 35.9. The molecule has 1 fully saturated rings. The van der Waals surface area contributed by atoms with E-state index in [0.717, 1.165) is 6.42 Å². The molecule has 0 amide bonds. The molecule has 2 heteroatoms. The minimum Gasteiger partial charge on any atom is -0.324 e. The first kappa shape index (κ1) is 11.2. The zero-order valence-corrected chi connectivity index (χ0v) is 10.1. The Balaban J connectivity index is 1.75. The molecule has 2 nitrogen and oxygen atoms in total. The standard InChI is InChI=1S/C13H24N2/c1-13(2)5-7-15(8-6-13)10-11-3-4-12(14)9-11/h3-4,11-12H,5-10,14H2,1-2H3. The van der Waals surface area contributed by atoms with Gasteiger partial charge in [0.1, 0.15) is 0 Å². The fourth-order valence-electron chi connectivity index (χ4n) is 2.61. The largest absolute Gasteiger partial charge is 0.324 e. The third-order valence-corrected chi connectivity index (χ3v) is 3.91. The summed E-state index contributed by atoms with van der Waals surface area (Å²) >= 11 is 0. The molecule has 0 saturated carbocycles. The van der Waals surface area contributed by atoms with Crippen LogP contribution in [0.5, 0.6) is 0 Å². The van der Waals surface area contributed by atoms with Gasteiger partial charge in [0.15, 0.2) is 0 Å². The number of rotatable bonds is 2. The summed E-state index contributed by atoms with van der Waals surface area (Å²) in [4.78, 5) is 2.61. The number of nitrogens with two attached hydrogens (primary N) is 1. The highest BCUT2D eigenvalue weighted by Gasteiger charge is 2.27. The molecule has 0 radical (unpaired) electrons. The molecule has 2 rings (SSSR count). The third-order valence-electron chi connectivity index (χ3n) is 3.91. The molecule has 1 aliphatic carbocycles. The summed E-state index contributed by atoms with van der Waals surface area (Å²) in [6, 6.07) is 0.316. The van der Waals surface area contributed by atoms with E-state index in [4.69, 9.17) is 5.73 Å². The lowest BCUT2D eigenvalue weighted by Gasteiger charge is -2.37. The van der Waals surface area contributed by atoms with E-state index in [2.05, 4.69) is 30.9 Å². The molecule has 1 heterocycles. The van der Waals surface area contributed by atoms with E-state index in [0.29, 0.717) is 17.4 Å². The van der Waals surface area contributed by atoms with Crippen molar-refractivity contribution in [3.8, 4) is 0 Å². The zero-order valence-electron chi connectivity index (χ0n) is 10.1. The second-order valence-electron chi connectivity index (χ2n) is 6.01. The third kappa shape index (κ3) is 3.05. The fraction of sp³-hybridized carbons (Fsp3) is 0.846. The average Bonchev–Trinajstić information content (AvgIpc) is 2.55. The van der Waals surface area contributed by atoms with Crippen molar-refractivity contribution < 1.29 is 0 Å². The van der Waals surface area contributed by atoms with Crippen LogP contribution in [0.3, 0.4) is 0 Å². The maximum atomic E-state index is 5.87. The Hall–Kier alpha value is -0.340. The summed E-state index contributed by atoms with van der Waals surface area (Å²) in [6.45, 7) is 8.53. The van der Waals surface area contributed by atoms with Crippen LogP contribution in [0, 0.1) is 11.3 Å². The van der Waals surface area contributed by atoms with Crippen molar-refractivity contribution in [3.63, 3.8) is 0 Å². The van der Waals surface area contributed by atoms with Crippen LogP contribution in [0.2, 0.25) is 0 Å². The Labute approximate surface area is 93.5 Å². The number of hydrogen-bond acceptors (Lipinski definition) is 2. The van der Waals surface area contributed by atoms with Gasteiger partial charge in [-0.1, -0.05) is 26.0 Å². The monoisotopic (exact) mass is 208 g/mol. The van der Waals surface area contributed by atoms with Crippen LogP contribution in [0.25, 0.3) is 0 Å². The SMILES string of the molecule is CC1(C)CCN(CC2C=CC(N)C2)CC1. The van der Waals surface area contributed by atoms with Gasteiger partial charge in [0.2, 0.25) is 0 Å². The van der Waals surface area contributed by atoms with Gasteiger partial charge < -0.3 is 10.6 Å². The average molecular weight is 208 g/mol. The predicted molar refractivity (Wildman–Crippen MR) is 64.7 cm³/mol. The zero-order chi connectivity index (χ0) is 10.9.